The highest BCUT2D eigenvalue weighted by atomic mass is 79.9. The van der Waals surface area contributed by atoms with Gasteiger partial charge in [-0.2, -0.15) is 0 Å². The number of halogens is 2. The Morgan fingerprint density at radius 2 is 1.86 bits per heavy atom. The molecule has 0 aliphatic carbocycles. The zero-order valence-corrected chi connectivity index (χ0v) is 19.0. The van der Waals surface area contributed by atoms with Crippen LogP contribution in [0.25, 0.3) is 32.8 Å². The highest BCUT2D eigenvalue weighted by Crippen LogP contribution is 2.30. The van der Waals surface area contributed by atoms with Crippen LogP contribution in [0.2, 0.25) is 0 Å². The molecule has 0 spiro atoms. The molecule has 9 heteroatoms. The molecular weight excluding hydrogens is 524 g/mol. The first kappa shape index (κ1) is 19.3. The molecule has 3 N–H and O–H groups in total. The molecule has 5 nitrogen and oxygen atoms in total. The van der Waals surface area contributed by atoms with E-state index < -0.39 is 0 Å². The van der Waals surface area contributed by atoms with Gasteiger partial charge in [-0.1, -0.05) is 44.0 Å². The summed E-state index contributed by atoms with van der Waals surface area (Å²) >= 11 is 13.3. The van der Waals surface area contributed by atoms with Crippen LogP contribution in [0.15, 0.2) is 72.4 Å². The number of benzene rings is 2. The smallest absolute Gasteiger partial charge is 0.246 e. The van der Waals surface area contributed by atoms with E-state index in [0.29, 0.717) is 11.1 Å². The number of rotatable bonds is 3. The molecule has 0 amide bonds. The molecule has 0 saturated carbocycles. The fraction of sp³-hybridized carbons (Fsp3) is 0. The van der Waals surface area contributed by atoms with Crippen LogP contribution in [-0.4, -0.2) is 10.1 Å². The van der Waals surface area contributed by atoms with E-state index in [0.717, 1.165) is 36.2 Å². The van der Waals surface area contributed by atoms with Crippen molar-refractivity contribution < 1.29 is 4.42 Å². The summed E-state index contributed by atoms with van der Waals surface area (Å²) in [6, 6.07) is 15.8. The van der Waals surface area contributed by atoms with Crippen LogP contribution >= 0.6 is 55.4 Å². The van der Waals surface area contributed by atoms with Crippen LogP contribution in [0.3, 0.4) is 0 Å². The fourth-order valence-corrected chi connectivity index (χ4v) is 4.12. The van der Waals surface area contributed by atoms with E-state index in [9.17, 15) is 0 Å². The highest BCUT2D eigenvalue weighted by molar-refractivity contribution is 9.10. The summed E-state index contributed by atoms with van der Waals surface area (Å²) in [6.45, 7) is 0. The van der Waals surface area contributed by atoms with Gasteiger partial charge in [0.1, 0.15) is 10.6 Å². The van der Waals surface area contributed by atoms with Crippen LogP contribution in [-0.2, 0) is 0 Å². The van der Waals surface area contributed by atoms with Crippen molar-refractivity contribution in [1.29, 1.82) is 0 Å². The molecule has 4 aromatic rings. The number of nitrogens with one attached hydrogen (secondary N) is 1. The Kier molecular flexibility index (Phi) is 5.58. The fourth-order valence-electron chi connectivity index (χ4n) is 2.59. The third-order valence-electron chi connectivity index (χ3n) is 3.85. The van der Waals surface area contributed by atoms with Crippen molar-refractivity contribution in [3.05, 3.63) is 68.4 Å². The SMILES string of the molecule is NC(=S)NN=c1oc2ccc(Br)cc2cc1-c1nc(-c2ccc(Br)cc2)cs1. The molecule has 0 atom stereocenters. The van der Waals surface area contributed by atoms with Crippen LogP contribution in [0.4, 0.5) is 0 Å². The van der Waals surface area contributed by atoms with Gasteiger partial charge in [0.15, 0.2) is 5.11 Å². The second-order valence-electron chi connectivity index (χ2n) is 5.78. The molecule has 2 heterocycles. The van der Waals surface area contributed by atoms with Gasteiger partial charge in [0.05, 0.1) is 11.3 Å². The van der Waals surface area contributed by atoms with E-state index in [-0.39, 0.29) is 5.11 Å². The first-order chi connectivity index (χ1) is 13.5. The maximum atomic E-state index is 5.98. The molecule has 0 fully saturated rings. The van der Waals surface area contributed by atoms with E-state index in [4.69, 9.17) is 27.4 Å². The maximum Gasteiger partial charge on any atom is 0.246 e. The molecule has 0 aliphatic rings. The van der Waals surface area contributed by atoms with Crippen LogP contribution in [0, 0.1) is 0 Å². The second-order valence-corrected chi connectivity index (χ2v) is 8.91. The molecule has 4 rings (SSSR count). The summed E-state index contributed by atoms with van der Waals surface area (Å²) in [6.07, 6.45) is 0. The topological polar surface area (TPSA) is 76.4 Å². The standard InChI is InChI=1S/C19H12Br2N4OS2/c20-12-3-1-10(2-4-12)15-9-28-18(23-15)14-8-11-7-13(21)5-6-16(11)26-17(14)24-25-19(22)27/h1-9H,(H3,22,25,27). The van der Waals surface area contributed by atoms with Gasteiger partial charge in [-0.05, 0) is 48.6 Å². The van der Waals surface area contributed by atoms with E-state index >= 15 is 0 Å². The normalized spacial score (nSPS) is 11.7. The molecule has 140 valence electrons. The maximum absolute atomic E-state index is 5.98. The second kappa shape index (κ2) is 8.12. The van der Waals surface area contributed by atoms with Crippen molar-refractivity contribution in [2.45, 2.75) is 0 Å². The third kappa shape index (κ3) is 4.17. The molecule has 0 unspecified atom stereocenters. The molecule has 2 aromatic carbocycles. The van der Waals surface area contributed by atoms with E-state index in [2.05, 4.69) is 42.4 Å². The Morgan fingerprint density at radius 3 is 2.61 bits per heavy atom. The minimum Gasteiger partial charge on any atom is -0.436 e. The predicted octanol–water partition coefficient (Wildman–Crippen LogP) is 5.40. The average Bonchev–Trinajstić information content (AvgIpc) is 3.16. The van der Waals surface area contributed by atoms with Crippen molar-refractivity contribution in [2.24, 2.45) is 10.8 Å². The molecule has 0 aliphatic heterocycles. The summed E-state index contributed by atoms with van der Waals surface area (Å²) in [5.41, 5.74) is 11.8. The number of thiocarbonyl (C=S) groups is 1. The Balaban J connectivity index is 1.86. The number of hydrogen-bond donors (Lipinski definition) is 2. The minimum atomic E-state index is 0.0618. The highest BCUT2D eigenvalue weighted by Gasteiger charge is 2.12. The first-order valence-corrected chi connectivity index (χ1v) is 10.9. The zero-order chi connectivity index (χ0) is 19.7. The van der Waals surface area contributed by atoms with Crippen LogP contribution in [0.5, 0.6) is 0 Å². The van der Waals surface area contributed by atoms with Crippen molar-refractivity contribution >= 4 is 71.5 Å². The minimum absolute atomic E-state index is 0.0618. The summed E-state index contributed by atoms with van der Waals surface area (Å²) < 4.78 is 7.96. The number of fused-ring (bicyclic) bond motifs is 1. The van der Waals surface area contributed by atoms with Gasteiger partial charge in [-0.3, -0.25) is 5.43 Å². The number of nitrogens with two attached hydrogens (primary N) is 1. The van der Waals surface area contributed by atoms with Crippen molar-refractivity contribution in [2.75, 3.05) is 0 Å². The van der Waals surface area contributed by atoms with Gasteiger partial charge in [0.2, 0.25) is 5.55 Å². The van der Waals surface area contributed by atoms with Crippen molar-refractivity contribution in [3.63, 3.8) is 0 Å². The molecule has 0 bridgehead atoms. The van der Waals surface area contributed by atoms with Gasteiger partial charge < -0.3 is 10.2 Å². The monoisotopic (exact) mass is 534 g/mol. The quantitative estimate of drug-likeness (QED) is 0.271. The summed E-state index contributed by atoms with van der Waals surface area (Å²) in [5.74, 6) is 0. The Bertz CT molecular complexity index is 1250. The number of nitrogens with zero attached hydrogens (tertiary/aromatic N) is 2. The number of hydrogen-bond acceptors (Lipinski definition) is 5. The molecular formula is C19H12Br2N4OS2. The Morgan fingerprint density at radius 1 is 1.11 bits per heavy atom. The van der Waals surface area contributed by atoms with Crippen LogP contribution < -0.4 is 16.7 Å². The van der Waals surface area contributed by atoms with Gasteiger partial charge in [-0.15, -0.1) is 16.4 Å². The van der Waals surface area contributed by atoms with E-state index in [1.807, 2.05) is 53.9 Å². The summed E-state index contributed by atoms with van der Waals surface area (Å²) in [7, 11) is 0. The largest absolute Gasteiger partial charge is 0.436 e. The van der Waals surface area contributed by atoms with Gasteiger partial charge in [0.25, 0.3) is 0 Å². The lowest BCUT2D eigenvalue weighted by Crippen LogP contribution is -2.27. The molecule has 2 aromatic heterocycles. The van der Waals surface area contributed by atoms with Crippen molar-refractivity contribution in [1.82, 2.24) is 10.4 Å². The van der Waals surface area contributed by atoms with E-state index in [1.165, 1.54) is 11.3 Å². The lowest BCUT2D eigenvalue weighted by atomic mass is 10.1. The summed E-state index contributed by atoms with van der Waals surface area (Å²) in [4.78, 5) is 4.78. The third-order valence-corrected chi connectivity index (χ3v) is 5.84. The lowest BCUT2D eigenvalue weighted by Gasteiger charge is -2.04. The van der Waals surface area contributed by atoms with Gasteiger partial charge >= 0.3 is 0 Å². The predicted molar refractivity (Wildman–Crippen MR) is 124 cm³/mol. The lowest BCUT2D eigenvalue weighted by molar-refractivity contribution is 0.533. The average molecular weight is 536 g/mol. The Labute approximate surface area is 186 Å². The number of aromatic nitrogens is 1. The molecule has 0 radical (unpaired) electrons. The Hall–Kier alpha value is -2.07. The zero-order valence-electron chi connectivity index (χ0n) is 14.1. The molecule has 0 saturated heterocycles. The van der Waals surface area contributed by atoms with Gasteiger partial charge in [-0.25, -0.2) is 4.98 Å². The number of thiazole rings is 1. The van der Waals surface area contributed by atoms with Crippen molar-refractivity contribution in [3.8, 4) is 21.8 Å². The van der Waals surface area contributed by atoms with Crippen LogP contribution in [0.1, 0.15) is 0 Å². The molecule has 28 heavy (non-hydrogen) atoms. The first-order valence-electron chi connectivity index (χ1n) is 8.04. The van der Waals surface area contributed by atoms with Gasteiger partial charge in [0, 0.05) is 25.3 Å². The summed E-state index contributed by atoms with van der Waals surface area (Å²) in [5, 5.41) is 8.00. The van der Waals surface area contributed by atoms with E-state index in [1.54, 1.807) is 0 Å².